The average molecular weight is 335 g/mol. The van der Waals surface area contributed by atoms with Crippen LogP contribution in [0.1, 0.15) is 0 Å². The van der Waals surface area contributed by atoms with E-state index in [1.807, 2.05) is 4.72 Å². The molecule has 0 aliphatic heterocycles. The van der Waals surface area contributed by atoms with Gasteiger partial charge in [0.25, 0.3) is 0 Å². The highest BCUT2D eigenvalue weighted by molar-refractivity contribution is 8.00. The summed E-state index contributed by atoms with van der Waals surface area (Å²) >= 11 is 5.34. The Kier molecular flexibility index (Phi) is 5.36. The van der Waals surface area contributed by atoms with Crippen molar-refractivity contribution in [2.75, 3.05) is 18.0 Å². The summed E-state index contributed by atoms with van der Waals surface area (Å²) < 4.78 is 61.0. The third-order valence-electron chi connectivity index (χ3n) is 1.94. The Balaban J connectivity index is 2.63. The zero-order valence-electron chi connectivity index (χ0n) is 9.37. The maximum Gasteiger partial charge on any atom is 0.441 e. The minimum absolute atomic E-state index is 0.0780. The normalized spacial score (nSPS) is 12.6. The van der Waals surface area contributed by atoms with Gasteiger partial charge in [0.2, 0.25) is 10.0 Å². The molecule has 108 valence electrons. The summed E-state index contributed by atoms with van der Waals surface area (Å²) in [5.41, 5.74) is 1.15. The maximum absolute atomic E-state index is 11.9. The van der Waals surface area contributed by atoms with Crippen LogP contribution in [0.4, 0.5) is 18.9 Å². The first-order valence-corrected chi connectivity index (χ1v) is 7.72. The van der Waals surface area contributed by atoms with Gasteiger partial charge in [0, 0.05) is 12.3 Å². The van der Waals surface area contributed by atoms with Crippen molar-refractivity contribution >= 4 is 39.1 Å². The molecule has 19 heavy (non-hydrogen) atoms. The summed E-state index contributed by atoms with van der Waals surface area (Å²) in [6, 6.07) is 3.66. The molecule has 1 aromatic rings. The van der Waals surface area contributed by atoms with E-state index in [1.165, 1.54) is 12.1 Å². The van der Waals surface area contributed by atoms with Crippen molar-refractivity contribution in [3.8, 4) is 0 Å². The fourth-order valence-corrected chi connectivity index (χ4v) is 2.86. The molecule has 10 heteroatoms. The van der Waals surface area contributed by atoms with Gasteiger partial charge in [0.05, 0.1) is 15.6 Å². The van der Waals surface area contributed by atoms with Crippen molar-refractivity contribution in [1.29, 1.82) is 0 Å². The third kappa shape index (κ3) is 5.47. The first kappa shape index (κ1) is 16.4. The van der Waals surface area contributed by atoms with E-state index in [0.29, 0.717) is 0 Å². The monoisotopic (exact) mass is 334 g/mol. The average Bonchev–Trinajstić information content (AvgIpc) is 2.27. The molecule has 0 unspecified atom stereocenters. The minimum atomic E-state index is -4.38. The fourth-order valence-electron chi connectivity index (χ4n) is 1.12. The van der Waals surface area contributed by atoms with E-state index in [-0.39, 0.29) is 33.9 Å². The molecule has 0 amide bonds. The number of rotatable bonds is 5. The zero-order valence-corrected chi connectivity index (χ0v) is 11.8. The van der Waals surface area contributed by atoms with Crippen LogP contribution in [0.25, 0.3) is 0 Å². The van der Waals surface area contributed by atoms with Crippen LogP contribution in [0.2, 0.25) is 5.02 Å². The Labute approximate surface area is 117 Å². The molecule has 1 aromatic carbocycles. The van der Waals surface area contributed by atoms with Crippen molar-refractivity contribution in [2.45, 2.75) is 10.4 Å². The second-order valence-corrected chi connectivity index (χ2v) is 6.71. The van der Waals surface area contributed by atoms with Gasteiger partial charge >= 0.3 is 5.51 Å². The lowest BCUT2D eigenvalue weighted by Gasteiger charge is -2.09. The number of benzene rings is 1. The van der Waals surface area contributed by atoms with Gasteiger partial charge < -0.3 is 5.73 Å². The first-order chi connectivity index (χ1) is 8.62. The van der Waals surface area contributed by atoms with E-state index in [0.717, 1.165) is 6.07 Å². The van der Waals surface area contributed by atoms with Crippen LogP contribution in [-0.4, -0.2) is 26.2 Å². The number of nitrogens with one attached hydrogen (secondary N) is 1. The summed E-state index contributed by atoms with van der Waals surface area (Å²) in [5.74, 6) is -0.411. The van der Waals surface area contributed by atoms with Gasteiger partial charge in [-0.25, -0.2) is 13.1 Å². The van der Waals surface area contributed by atoms with Crippen LogP contribution >= 0.6 is 23.4 Å². The van der Waals surface area contributed by atoms with E-state index in [2.05, 4.69) is 0 Å². The Morgan fingerprint density at radius 1 is 1.37 bits per heavy atom. The van der Waals surface area contributed by atoms with Gasteiger partial charge in [-0.15, -0.1) is 0 Å². The van der Waals surface area contributed by atoms with Crippen molar-refractivity contribution in [3.05, 3.63) is 23.2 Å². The van der Waals surface area contributed by atoms with Gasteiger partial charge in [-0.05, 0) is 30.0 Å². The van der Waals surface area contributed by atoms with Crippen molar-refractivity contribution < 1.29 is 21.6 Å². The van der Waals surface area contributed by atoms with E-state index in [4.69, 9.17) is 17.3 Å². The Bertz CT molecular complexity index is 549. The number of hydrogen-bond donors (Lipinski definition) is 2. The molecule has 0 aliphatic carbocycles. The first-order valence-electron chi connectivity index (χ1n) is 4.87. The number of nitrogen functional groups attached to an aromatic ring is 1. The highest BCUT2D eigenvalue weighted by atomic mass is 35.5. The quantitative estimate of drug-likeness (QED) is 0.641. The fraction of sp³-hybridized carbons (Fsp3) is 0.333. The highest BCUT2D eigenvalue weighted by Gasteiger charge is 2.27. The second-order valence-electron chi connectivity index (χ2n) is 3.38. The SMILES string of the molecule is Nc1cc(S(=O)(=O)NCCSC(F)(F)F)ccc1Cl. The molecule has 0 fully saturated rings. The van der Waals surface area contributed by atoms with Gasteiger partial charge in [-0.1, -0.05) is 11.6 Å². The van der Waals surface area contributed by atoms with Gasteiger partial charge in [0.1, 0.15) is 0 Å². The van der Waals surface area contributed by atoms with Crippen molar-refractivity contribution in [3.63, 3.8) is 0 Å². The zero-order chi connectivity index (χ0) is 14.7. The van der Waals surface area contributed by atoms with Gasteiger partial charge in [-0.2, -0.15) is 13.2 Å². The number of hydrogen-bond acceptors (Lipinski definition) is 4. The summed E-state index contributed by atoms with van der Waals surface area (Å²) in [7, 11) is -3.89. The minimum Gasteiger partial charge on any atom is -0.397 e. The van der Waals surface area contributed by atoms with Crippen LogP contribution in [-0.2, 0) is 10.0 Å². The summed E-state index contributed by atoms with van der Waals surface area (Å²) in [6.45, 7) is -0.338. The topological polar surface area (TPSA) is 72.2 Å². The van der Waals surface area contributed by atoms with Crippen LogP contribution in [0.3, 0.4) is 0 Å². The standard InChI is InChI=1S/C9H10ClF3N2O2S2/c10-7-2-1-6(5-8(7)14)19(16,17)15-3-4-18-9(11,12)13/h1-2,5,15H,3-4,14H2. The van der Waals surface area contributed by atoms with Crippen molar-refractivity contribution in [2.24, 2.45) is 0 Å². The molecule has 0 saturated carbocycles. The number of nitrogens with two attached hydrogens (primary N) is 1. The lowest BCUT2D eigenvalue weighted by Crippen LogP contribution is -2.26. The number of sulfonamides is 1. The number of alkyl halides is 3. The molecular formula is C9H10ClF3N2O2S2. The largest absolute Gasteiger partial charge is 0.441 e. The molecule has 1 rings (SSSR count). The van der Waals surface area contributed by atoms with Crippen LogP contribution in [0, 0.1) is 0 Å². The molecule has 0 saturated heterocycles. The maximum atomic E-state index is 11.9. The Hall–Kier alpha value is -0.640. The lowest BCUT2D eigenvalue weighted by molar-refractivity contribution is -0.0327. The molecule has 0 aromatic heterocycles. The molecule has 4 nitrogen and oxygen atoms in total. The molecule has 0 heterocycles. The van der Waals surface area contributed by atoms with E-state index < -0.39 is 21.3 Å². The predicted octanol–water partition coefficient (Wildman–Crippen LogP) is 2.45. The Morgan fingerprint density at radius 2 is 2.00 bits per heavy atom. The molecule has 0 atom stereocenters. The molecule has 0 radical (unpaired) electrons. The smallest absolute Gasteiger partial charge is 0.397 e. The summed E-state index contributed by atoms with van der Waals surface area (Å²) in [5, 5.41) is 0.201. The van der Waals surface area contributed by atoms with Crippen LogP contribution in [0.15, 0.2) is 23.1 Å². The van der Waals surface area contributed by atoms with E-state index >= 15 is 0 Å². The van der Waals surface area contributed by atoms with E-state index in [9.17, 15) is 21.6 Å². The highest BCUT2D eigenvalue weighted by Crippen LogP contribution is 2.29. The molecule has 0 bridgehead atoms. The number of anilines is 1. The number of halogens is 4. The van der Waals surface area contributed by atoms with Crippen LogP contribution < -0.4 is 10.5 Å². The molecule has 0 spiro atoms. The van der Waals surface area contributed by atoms with Gasteiger partial charge in [-0.3, -0.25) is 0 Å². The molecule has 3 N–H and O–H groups in total. The second kappa shape index (κ2) is 6.21. The van der Waals surface area contributed by atoms with Gasteiger partial charge in [0.15, 0.2) is 0 Å². The summed E-state index contributed by atoms with van der Waals surface area (Å²) in [6.07, 6.45) is 0. The van der Waals surface area contributed by atoms with E-state index in [1.54, 1.807) is 0 Å². The third-order valence-corrected chi connectivity index (χ3v) is 4.48. The molecule has 0 aliphatic rings. The Morgan fingerprint density at radius 3 is 2.53 bits per heavy atom. The summed E-state index contributed by atoms with van der Waals surface area (Å²) in [4.78, 5) is -0.147. The molecular weight excluding hydrogens is 325 g/mol. The van der Waals surface area contributed by atoms with Crippen LogP contribution in [0.5, 0.6) is 0 Å². The van der Waals surface area contributed by atoms with Crippen molar-refractivity contribution in [1.82, 2.24) is 4.72 Å². The predicted molar refractivity (Wildman–Crippen MR) is 69.6 cm³/mol. The number of thioether (sulfide) groups is 1. The lowest BCUT2D eigenvalue weighted by atomic mass is 10.3.